The van der Waals surface area contributed by atoms with Gasteiger partial charge in [0.15, 0.2) is 4.34 Å². The van der Waals surface area contributed by atoms with Crippen LogP contribution in [-0.4, -0.2) is 47.2 Å². The Morgan fingerprint density at radius 3 is 2.76 bits per heavy atom. The third-order valence-corrected chi connectivity index (χ3v) is 7.07. The maximum absolute atomic E-state index is 6.01. The summed E-state index contributed by atoms with van der Waals surface area (Å²) in [6, 6.07) is 0.651. The second-order valence-corrected chi connectivity index (χ2v) is 8.33. The predicted molar refractivity (Wildman–Crippen MR) is 87.9 cm³/mol. The topological polar surface area (TPSA) is 38.2 Å². The number of rotatable bonds is 6. The lowest BCUT2D eigenvalue weighted by atomic mass is 9.60. The Bertz CT molecular complexity index is 473. The average molecular weight is 328 g/mol. The molecule has 2 fully saturated rings. The van der Waals surface area contributed by atoms with E-state index in [2.05, 4.69) is 35.3 Å². The van der Waals surface area contributed by atoms with Crippen molar-refractivity contribution in [3.63, 3.8) is 0 Å². The molecule has 0 saturated heterocycles. The molecule has 0 radical (unpaired) electrons. The minimum absolute atomic E-state index is 0.414. The van der Waals surface area contributed by atoms with Gasteiger partial charge in [-0.2, -0.15) is 0 Å². The molecule has 2 saturated carbocycles. The third kappa shape index (κ3) is 2.87. The van der Waals surface area contributed by atoms with E-state index in [0.717, 1.165) is 22.5 Å². The maximum atomic E-state index is 6.01. The predicted octanol–water partition coefficient (Wildman–Crippen LogP) is 3.43. The monoisotopic (exact) mass is 327 g/mol. The Balaban J connectivity index is 1.65. The fourth-order valence-corrected chi connectivity index (χ4v) is 5.55. The lowest BCUT2D eigenvalue weighted by Gasteiger charge is -2.57. The summed E-state index contributed by atoms with van der Waals surface area (Å²) >= 11 is 3.40. The van der Waals surface area contributed by atoms with E-state index in [1.165, 1.54) is 32.1 Å². The summed E-state index contributed by atoms with van der Waals surface area (Å²) in [5.74, 6) is 0. The van der Waals surface area contributed by atoms with E-state index in [4.69, 9.17) is 4.74 Å². The quantitative estimate of drug-likeness (QED) is 0.748. The molecule has 0 amide bonds. The highest BCUT2D eigenvalue weighted by Gasteiger charge is 2.57. The molecule has 1 spiro atoms. The number of ether oxygens (including phenoxy) is 1. The summed E-state index contributed by atoms with van der Waals surface area (Å²) in [6.07, 6.45) is 9.11. The molecule has 21 heavy (non-hydrogen) atoms. The van der Waals surface area contributed by atoms with Crippen molar-refractivity contribution in [2.75, 3.05) is 19.9 Å². The molecule has 0 aromatic carbocycles. The van der Waals surface area contributed by atoms with Crippen LogP contribution in [0.1, 0.15) is 44.0 Å². The molecular weight excluding hydrogens is 302 g/mol. The van der Waals surface area contributed by atoms with Crippen LogP contribution in [0.4, 0.5) is 0 Å². The summed E-state index contributed by atoms with van der Waals surface area (Å²) in [7, 11) is 2.24. The van der Waals surface area contributed by atoms with Crippen molar-refractivity contribution < 1.29 is 4.74 Å². The molecule has 1 aromatic heterocycles. The Labute approximate surface area is 135 Å². The van der Waals surface area contributed by atoms with E-state index >= 15 is 0 Å². The molecule has 0 aliphatic heterocycles. The summed E-state index contributed by atoms with van der Waals surface area (Å²) in [6.45, 7) is 3.88. The van der Waals surface area contributed by atoms with Gasteiger partial charge in [0.25, 0.3) is 0 Å². The van der Waals surface area contributed by atoms with Gasteiger partial charge in [0.05, 0.1) is 12.6 Å². The molecule has 0 N–H and O–H groups in total. The molecule has 2 aliphatic rings. The van der Waals surface area contributed by atoms with E-state index in [1.807, 2.05) is 0 Å². The second kappa shape index (κ2) is 6.52. The van der Waals surface area contributed by atoms with Crippen LogP contribution in [-0.2, 0) is 11.3 Å². The van der Waals surface area contributed by atoms with E-state index in [0.29, 0.717) is 17.6 Å². The third-order valence-electron chi connectivity index (χ3n) is 5.18. The highest BCUT2D eigenvalue weighted by atomic mass is 32.2. The minimum Gasteiger partial charge on any atom is -0.378 e. The fraction of sp³-hybridized carbons (Fsp3) is 0.867. The molecule has 118 valence electrons. The van der Waals surface area contributed by atoms with Crippen molar-refractivity contribution in [2.24, 2.45) is 5.41 Å². The first kappa shape index (κ1) is 15.7. The molecular formula is C15H25N3OS2. The normalized spacial score (nSPS) is 27.4. The van der Waals surface area contributed by atoms with Crippen molar-refractivity contribution in [1.82, 2.24) is 15.1 Å². The number of hydrogen-bond donors (Lipinski definition) is 0. The van der Waals surface area contributed by atoms with Gasteiger partial charge in [-0.25, -0.2) is 0 Å². The van der Waals surface area contributed by atoms with Crippen LogP contribution in [0.3, 0.4) is 0 Å². The molecule has 1 heterocycles. The van der Waals surface area contributed by atoms with Gasteiger partial charge in [-0.1, -0.05) is 35.9 Å². The van der Waals surface area contributed by atoms with Gasteiger partial charge in [-0.3, -0.25) is 4.90 Å². The van der Waals surface area contributed by atoms with Crippen LogP contribution in [0, 0.1) is 5.41 Å². The molecule has 4 nitrogen and oxygen atoms in total. The number of nitrogens with zero attached hydrogens (tertiary/aromatic N) is 3. The highest BCUT2D eigenvalue weighted by molar-refractivity contribution is 8.00. The summed E-state index contributed by atoms with van der Waals surface area (Å²) < 4.78 is 7.08. The number of aromatic nitrogens is 2. The van der Waals surface area contributed by atoms with Gasteiger partial charge in [0.2, 0.25) is 0 Å². The van der Waals surface area contributed by atoms with Gasteiger partial charge in [-0.05, 0) is 39.5 Å². The summed E-state index contributed by atoms with van der Waals surface area (Å²) in [5.41, 5.74) is 0.414. The maximum Gasteiger partial charge on any atom is 0.174 e. The standard InChI is InChI=1S/C15H25N3OS2/c1-4-19-12-9-11(15(12)7-5-6-8-15)18(2)10-13-16-17-14(20-3)21-13/h11-12H,4-10H2,1-3H3. The van der Waals surface area contributed by atoms with Crippen LogP contribution in [0.15, 0.2) is 4.34 Å². The zero-order valence-electron chi connectivity index (χ0n) is 13.2. The Morgan fingerprint density at radius 1 is 1.38 bits per heavy atom. The van der Waals surface area contributed by atoms with E-state index in [-0.39, 0.29) is 0 Å². The Morgan fingerprint density at radius 2 is 2.14 bits per heavy atom. The average Bonchev–Trinajstić information content (AvgIpc) is 3.12. The summed E-state index contributed by atoms with van der Waals surface area (Å²) in [4.78, 5) is 2.49. The molecule has 6 heteroatoms. The van der Waals surface area contributed by atoms with Crippen molar-refractivity contribution >= 4 is 23.1 Å². The van der Waals surface area contributed by atoms with Crippen LogP contribution in [0.2, 0.25) is 0 Å². The minimum atomic E-state index is 0.414. The van der Waals surface area contributed by atoms with Gasteiger partial charge in [-0.15, -0.1) is 10.2 Å². The lowest BCUT2D eigenvalue weighted by Crippen LogP contribution is -2.62. The van der Waals surface area contributed by atoms with E-state index in [1.54, 1.807) is 23.1 Å². The van der Waals surface area contributed by atoms with Crippen molar-refractivity contribution in [2.45, 2.75) is 62.1 Å². The van der Waals surface area contributed by atoms with Gasteiger partial charge >= 0.3 is 0 Å². The van der Waals surface area contributed by atoms with Crippen LogP contribution in [0.5, 0.6) is 0 Å². The molecule has 1 aromatic rings. The van der Waals surface area contributed by atoms with Crippen LogP contribution < -0.4 is 0 Å². The van der Waals surface area contributed by atoms with Gasteiger partial charge in [0.1, 0.15) is 5.01 Å². The fourth-order valence-electron chi connectivity index (χ4n) is 4.18. The van der Waals surface area contributed by atoms with Crippen molar-refractivity contribution in [1.29, 1.82) is 0 Å². The first-order valence-corrected chi connectivity index (χ1v) is 9.92. The Kier molecular flexibility index (Phi) is 4.88. The zero-order valence-corrected chi connectivity index (χ0v) is 14.8. The zero-order chi connectivity index (χ0) is 14.9. The van der Waals surface area contributed by atoms with E-state index < -0.39 is 0 Å². The summed E-state index contributed by atoms with van der Waals surface area (Å²) in [5, 5.41) is 9.65. The Hall–Kier alpha value is -0.170. The SMILES string of the molecule is CCOC1CC(N(C)Cc2nnc(SC)s2)C12CCCC2. The van der Waals surface area contributed by atoms with Crippen molar-refractivity contribution in [3.05, 3.63) is 5.01 Å². The van der Waals surface area contributed by atoms with Gasteiger partial charge < -0.3 is 4.74 Å². The molecule has 0 bridgehead atoms. The highest BCUT2D eigenvalue weighted by Crippen LogP contribution is 2.56. The molecule has 2 aliphatic carbocycles. The first-order chi connectivity index (χ1) is 10.2. The van der Waals surface area contributed by atoms with Crippen molar-refractivity contribution in [3.8, 4) is 0 Å². The molecule has 3 rings (SSSR count). The first-order valence-electron chi connectivity index (χ1n) is 7.88. The molecule has 2 atom stereocenters. The lowest BCUT2D eigenvalue weighted by molar-refractivity contribution is -0.162. The smallest absolute Gasteiger partial charge is 0.174 e. The van der Waals surface area contributed by atoms with Crippen LogP contribution in [0.25, 0.3) is 0 Å². The largest absolute Gasteiger partial charge is 0.378 e. The second-order valence-electron chi connectivity index (χ2n) is 6.22. The number of thioether (sulfide) groups is 1. The van der Waals surface area contributed by atoms with Crippen LogP contribution >= 0.6 is 23.1 Å². The molecule has 2 unspecified atom stereocenters. The van der Waals surface area contributed by atoms with Gasteiger partial charge in [0, 0.05) is 18.1 Å². The number of hydrogen-bond acceptors (Lipinski definition) is 6. The van der Waals surface area contributed by atoms with E-state index in [9.17, 15) is 0 Å².